The number of hydrogen-bond acceptors (Lipinski definition) is 5. The number of esters is 1. The van der Waals surface area contributed by atoms with Gasteiger partial charge in [0, 0.05) is 26.4 Å². The van der Waals surface area contributed by atoms with E-state index in [0.717, 1.165) is 0 Å². The van der Waals surface area contributed by atoms with Crippen LogP contribution < -0.4 is 5.32 Å². The highest BCUT2D eigenvalue weighted by molar-refractivity contribution is 5.94. The number of carboxylic acids is 1. The molecule has 0 aromatic carbocycles. The van der Waals surface area contributed by atoms with Gasteiger partial charge in [-0.15, -0.1) is 0 Å². The summed E-state index contributed by atoms with van der Waals surface area (Å²) in [5.41, 5.74) is 0. The topological polar surface area (TPSA) is 113 Å². The van der Waals surface area contributed by atoms with Crippen LogP contribution in [0.5, 0.6) is 0 Å². The monoisotopic (exact) mass is 302 g/mol. The molecule has 0 spiro atoms. The molecule has 8 nitrogen and oxygen atoms in total. The first-order valence-electron chi connectivity index (χ1n) is 6.79. The minimum absolute atomic E-state index is 0.000664. The zero-order valence-electron chi connectivity index (χ0n) is 12.4. The normalized spacial score (nSPS) is 9.81. The molecule has 0 rings (SSSR count). The number of hydrogen-bond donors (Lipinski definition) is 2. The Hall–Kier alpha value is -2.12. The lowest BCUT2D eigenvalue weighted by Crippen LogP contribution is -2.41. The molecule has 0 heterocycles. The third-order valence-corrected chi connectivity index (χ3v) is 2.59. The van der Waals surface area contributed by atoms with E-state index in [1.165, 1.54) is 11.9 Å². The van der Waals surface area contributed by atoms with Gasteiger partial charge in [0.2, 0.25) is 5.91 Å². The summed E-state index contributed by atoms with van der Waals surface area (Å²) in [7, 11) is 1.46. The van der Waals surface area contributed by atoms with Crippen LogP contribution >= 0.6 is 0 Å². The summed E-state index contributed by atoms with van der Waals surface area (Å²) in [4.78, 5) is 45.7. The first-order chi connectivity index (χ1) is 9.86. The Labute approximate surface area is 123 Å². The molecule has 0 saturated carbocycles. The minimum atomic E-state index is -0.912. The van der Waals surface area contributed by atoms with E-state index >= 15 is 0 Å². The highest BCUT2D eigenvalue weighted by Gasteiger charge is 2.14. The third-order valence-electron chi connectivity index (χ3n) is 2.59. The Bertz CT molecular complexity index is 383. The molecule has 0 radical (unpaired) electrons. The SMILES string of the molecule is CCOC(=O)CCN(C)C(=O)NC(=O)CCCCC(=O)O. The summed E-state index contributed by atoms with van der Waals surface area (Å²) in [5, 5.41) is 10.6. The number of nitrogens with one attached hydrogen (secondary N) is 1. The van der Waals surface area contributed by atoms with E-state index in [1.807, 2.05) is 0 Å². The molecule has 2 N–H and O–H groups in total. The number of aliphatic carboxylic acids is 1. The van der Waals surface area contributed by atoms with Crippen molar-refractivity contribution in [3.8, 4) is 0 Å². The molecule has 3 amide bonds. The van der Waals surface area contributed by atoms with Crippen LogP contribution in [0.2, 0.25) is 0 Å². The molecular weight excluding hydrogens is 280 g/mol. The number of carbonyl (C=O) groups excluding carboxylic acids is 3. The van der Waals surface area contributed by atoms with Crippen LogP contribution in [0.3, 0.4) is 0 Å². The Morgan fingerprint density at radius 1 is 1.10 bits per heavy atom. The molecule has 0 saturated heterocycles. The van der Waals surface area contributed by atoms with E-state index in [-0.39, 0.29) is 32.4 Å². The van der Waals surface area contributed by atoms with E-state index in [1.54, 1.807) is 6.92 Å². The first-order valence-corrected chi connectivity index (χ1v) is 6.79. The van der Waals surface area contributed by atoms with Gasteiger partial charge in [0.05, 0.1) is 13.0 Å². The van der Waals surface area contributed by atoms with Crippen LogP contribution in [0.15, 0.2) is 0 Å². The lowest BCUT2D eigenvalue weighted by molar-refractivity contribution is -0.143. The van der Waals surface area contributed by atoms with Crippen LogP contribution in [0.25, 0.3) is 0 Å². The summed E-state index contributed by atoms with van der Waals surface area (Å²) in [6, 6.07) is -0.595. The van der Waals surface area contributed by atoms with E-state index in [9.17, 15) is 19.2 Å². The van der Waals surface area contributed by atoms with Crippen LogP contribution in [0, 0.1) is 0 Å². The van der Waals surface area contributed by atoms with Gasteiger partial charge in [-0.05, 0) is 19.8 Å². The number of carbonyl (C=O) groups is 4. The van der Waals surface area contributed by atoms with Crippen molar-refractivity contribution in [3.05, 3.63) is 0 Å². The Morgan fingerprint density at radius 3 is 2.29 bits per heavy atom. The number of amides is 3. The zero-order chi connectivity index (χ0) is 16.3. The molecule has 0 unspecified atom stereocenters. The maximum Gasteiger partial charge on any atom is 0.323 e. The molecule has 0 aliphatic heterocycles. The van der Waals surface area contributed by atoms with E-state index in [2.05, 4.69) is 5.32 Å². The molecule has 0 fully saturated rings. The van der Waals surface area contributed by atoms with Crippen LogP contribution in [-0.4, -0.2) is 54.1 Å². The van der Waals surface area contributed by atoms with Crippen molar-refractivity contribution in [3.63, 3.8) is 0 Å². The van der Waals surface area contributed by atoms with Gasteiger partial charge in [-0.25, -0.2) is 4.79 Å². The number of nitrogens with zero attached hydrogens (tertiary/aromatic N) is 1. The second kappa shape index (κ2) is 10.6. The Kier molecular flexibility index (Phi) is 9.57. The molecule has 120 valence electrons. The molecular formula is C13H22N2O6. The molecule has 21 heavy (non-hydrogen) atoms. The maximum atomic E-state index is 11.6. The summed E-state index contributed by atoms with van der Waals surface area (Å²) in [6.07, 6.45) is 0.934. The lowest BCUT2D eigenvalue weighted by atomic mass is 10.2. The highest BCUT2D eigenvalue weighted by Crippen LogP contribution is 2.00. The van der Waals surface area contributed by atoms with Crippen molar-refractivity contribution in [2.75, 3.05) is 20.2 Å². The van der Waals surface area contributed by atoms with Gasteiger partial charge in [0.25, 0.3) is 0 Å². The Balaban J connectivity index is 3.86. The van der Waals surface area contributed by atoms with Gasteiger partial charge < -0.3 is 14.7 Å². The predicted octanol–water partition coefficient (Wildman–Crippen LogP) is 0.753. The number of unbranched alkanes of at least 4 members (excludes halogenated alkanes) is 1. The Morgan fingerprint density at radius 2 is 1.71 bits per heavy atom. The van der Waals surface area contributed by atoms with E-state index in [0.29, 0.717) is 12.8 Å². The number of imide groups is 1. The predicted molar refractivity (Wildman–Crippen MR) is 73.5 cm³/mol. The van der Waals surface area contributed by atoms with Crippen molar-refractivity contribution in [2.45, 2.75) is 39.0 Å². The summed E-state index contributed by atoms with van der Waals surface area (Å²) in [5.74, 6) is -1.78. The molecule has 0 bridgehead atoms. The van der Waals surface area contributed by atoms with Crippen molar-refractivity contribution >= 4 is 23.9 Å². The van der Waals surface area contributed by atoms with Crippen LogP contribution in [0.1, 0.15) is 39.0 Å². The molecule has 0 aromatic rings. The number of rotatable bonds is 9. The standard InChI is InChI=1S/C13H22N2O6/c1-3-21-12(19)8-9-15(2)13(20)14-10(16)6-4-5-7-11(17)18/h3-9H2,1-2H3,(H,17,18)(H,14,16,20). The lowest BCUT2D eigenvalue weighted by Gasteiger charge is -2.16. The second-order valence-corrected chi connectivity index (χ2v) is 4.43. The van der Waals surface area contributed by atoms with Crippen LogP contribution in [0.4, 0.5) is 4.79 Å². The van der Waals surface area contributed by atoms with Crippen molar-refractivity contribution in [1.29, 1.82) is 0 Å². The van der Waals surface area contributed by atoms with E-state index in [4.69, 9.17) is 9.84 Å². The molecule has 0 aromatic heterocycles. The van der Waals surface area contributed by atoms with Gasteiger partial charge >= 0.3 is 18.0 Å². The summed E-state index contributed by atoms with van der Waals surface area (Å²) in [6.45, 7) is 2.12. The van der Waals surface area contributed by atoms with E-state index < -0.39 is 23.9 Å². The first kappa shape index (κ1) is 18.9. The zero-order valence-corrected chi connectivity index (χ0v) is 12.4. The van der Waals surface area contributed by atoms with Crippen molar-refractivity contribution in [2.24, 2.45) is 0 Å². The van der Waals surface area contributed by atoms with Gasteiger partial charge in [-0.2, -0.15) is 0 Å². The quantitative estimate of drug-likeness (QED) is 0.480. The number of carboxylic acid groups (broad SMARTS) is 1. The number of urea groups is 1. The third kappa shape index (κ3) is 10.3. The largest absolute Gasteiger partial charge is 0.481 e. The summed E-state index contributed by atoms with van der Waals surface area (Å²) < 4.78 is 4.73. The molecule has 8 heteroatoms. The minimum Gasteiger partial charge on any atom is -0.481 e. The smallest absolute Gasteiger partial charge is 0.323 e. The van der Waals surface area contributed by atoms with Gasteiger partial charge in [0.1, 0.15) is 0 Å². The fraction of sp³-hybridized carbons (Fsp3) is 0.692. The maximum absolute atomic E-state index is 11.6. The second-order valence-electron chi connectivity index (χ2n) is 4.43. The van der Waals surface area contributed by atoms with Crippen LogP contribution in [-0.2, 0) is 19.1 Å². The highest BCUT2D eigenvalue weighted by atomic mass is 16.5. The average molecular weight is 302 g/mol. The number of ether oxygens (including phenoxy) is 1. The van der Waals surface area contributed by atoms with Gasteiger partial charge in [-0.3, -0.25) is 19.7 Å². The average Bonchev–Trinajstić information content (AvgIpc) is 2.41. The fourth-order valence-corrected chi connectivity index (χ4v) is 1.43. The van der Waals surface area contributed by atoms with Gasteiger partial charge in [-0.1, -0.05) is 0 Å². The molecule has 0 aliphatic carbocycles. The van der Waals surface area contributed by atoms with Crippen molar-refractivity contribution < 1.29 is 29.0 Å². The molecule has 0 aliphatic rings. The van der Waals surface area contributed by atoms with Gasteiger partial charge in [0.15, 0.2) is 0 Å². The molecule has 0 atom stereocenters. The summed E-state index contributed by atoms with van der Waals surface area (Å²) >= 11 is 0. The van der Waals surface area contributed by atoms with Crippen molar-refractivity contribution in [1.82, 2.24) is 10.2 Å². The fourth-order valence-electron chi connectivity index (χ4n) is 1.43.